The molecule has 12 heteroatoms. The van der Waals surface area contributed by atoms with Crippen LogP contribution in [0.1, 0.15) is 72.1 Å². The maximum Gasteiger partial charge on any atom is 0.331 e. The lowest BCUT2D eigenvalue weighted by Gasteiger charge is -2.66. The van der Waals surface area contributed by atoms with Crippen molar-refractivity contribution in [3.05, 3.63) is 11.6 Å². The van der Waals surface area contributed by atoms with E-state index in [4.69, 9.17) is 18.9 Å². The minimum atomic E-state index is -1.65. The number of esters is 2. The van der Waals surface area contributed by atoms with E-state index in [-0.39, 0.29) is 51.2 Å². The van der Waals surface area contributed by atoms with Crippen LogP contribution in [0.4, 0.5) is 0 Å². The van der Waals surface area contributed by atoms with Gasteiger partial charge in [-0.15, -0.1) is 0 Å². The van der Waals surface area contributed by atoms with Gasteiger partial charge in [0.25, 0.3) is 0 Å². The van der Waals surface area contributed by atoms with E-state index < -0.39 is 88.7 Å². The smallest absolute Gasteiger partial charge is 0.331 e. The van der Waals surface area contributed by atoms with Crippen molar-refractivity contribution in [1.82, 2.24) is 0 Å². The predicted octanol–water partition coefficient (Wildman–Crippen LogP) is 0.0850. The van der Waals surface area contributed by atoms with Crippen LogP contribution in [-0.4, -0.2) is 110 Å². The van der Waals surface area contributed by atoms with E-state index in [0.29, 0.717) is 19.3 Å². The highest BCUT2D eigenvalue weighted by Crippen LogP contribution is 2.71. The minimum absolute atomic E-state index is 0.00791. The summed E-state index contributed by atoms with van der Waals surface area (Å²) in [4.78, 5) is 25.9. The van der Waals surface area contributed by atoms with Crippen LogP contribution in [-0.2, 0) is 28.5 Å². The van der Waals surface area contributed by atoms with E-state index >= 15 is 0 Å². The average Bonchev–Trinajstić information content (AvgIpc) is 3.49. The molecule has 43 heavy (non-hydrogen) atoms. The Morgan fingerprint density at radius 2 is 1.77 bits per heavy atom. The summed E-state index contributed by atoms with van der Waals surface area (Å²) < 4.78 is 22.5. The molecular formula is C31H46O12. The fraction of sp³-hybridized carbons (Fsp3) is 0.871. The topological polar surface area (TPSA) is 192 Å². The number of ether oxygens (including phenoxy) is 4. The third-order valence-electron chi connectivity index (χ3n) is 12.3. The molecule has 0 unspecified atom stereocenters. The fourth-order valence-electron chi connectivity index (χ4n) is 10.2. The molecule has 0 aromatic carbocycles. The molecule has 0 bridgehead atoms. The lowest BCUT2D eigenvalue weighted by atomic mass is 9.40. The third kappa shape index (κ3) is 4.39. The van der Waals surface area contributed by atoms with Crippen molar-refractivity contribution >= 4 is 11.9 Å². The SMILES string of the molecule is CCOC(=O)[C@]12CC[C@H](O[C@@H]3O[C@@H](C)[C@H](O)[C@@H](O)[C@H]3O)C[C@@]1(O)CC[C@@H]1[C@@H]2[C@H](O)C[C@]2(C)[C@@H](C3=CC(=O)OC3)CC[C@]12O. The van der Waals surface area contributed by atoms with Gasteiger partial charge in [0, 0.05) is 23.8 Å². The van der Waals surface area contributed by atoms with Crippen molar-refractivity contribution < 1.29 is 59.2 Å². The van der Waals surface area contributed by atoms with E-state index in [1.54, 1.807) is 13.8 Å². The highest BCUT2D eigenvalue weighted by Gasteiger charge is 2.76. The molecule has 1 saturated heterocycles. The van der Waals surface area contributed by atoms with Gasteiger partial charge in [-0.2, -0.15) is 0 Å². The van der Waals surface area contributed by atoms with Crippen LogP contribution in [0.2, 0.25) is 0 Å². The van der Waals surface area contributed by atoms with E-state index in [2.05, 4.69) is 0 Å². The highest BCUT2D eigenvalue weighted by molar-refractivity contribution is 5.85. The van der Waals surface area contributed by atoms with Gasteiger partial charge in [-0.3, -0.25) is 4.79 Å². The van der Waals surface area contributed by atoms with Crippen LogP contribution in [0.25, 0.3) is 0 Å². The Morgan fingerprint density at radius 1 is 1.02 bits per heavy atom. The first-order valence-electron chi connectivity index (χ1n) is 15.7. The molecule has 14 atom stereocenters. The number of carbonyl (C=O) groups is 2. The number of hydrogen-bond donors (Lipinski definition) is 6. The number of aliphatic hydroxyl groups is 6. The number of cyclic esters (lactones) is 1. The van der Waals surface area contributed by atoms with E-state index in [1.807, 2.05) is 6.92 Å². The third-order valence-corrected chi connectivity index (χ3v) is 12.3. The fourth-order valence-corrected chi connectivity index (χ4v) is 10.2. The van der Waals surface area contributed by atoms with Crippen LogP contribution in [0.3, 0.4) is 0 Å². The van der Waals surface area contributed by atoms with Crippen molar-refractivity contribution in [2.75, 3.05) is 13.2 Å². The van der Waals surface area contributed by atoms with Gasteiger partial charge in [-0.05, 0) is 76.2 Å². The van der Waals surface area contributed by atoms with E-state index in [1.165, 1.54) is 6.08 Å². The van der Waals surface area contributed by atoms with E-state index in [9.17, 15) is 40.2 Å². The second-order valence-corrected chi connectivity index (χ2v) is 14.1. The van der Waals surface area contributed by atoms with Crippen molar-refractivity contribution in [2.24, 2.45) is 28.6 Å². The molecule has 5 fully saturated rings. The van der Waals surface area contributed by atoms with E-state index in [0.717, 1.165) is 5.57 Å². The van der Waals surface area contributed by atoms with Gasteiger partial charge in [0.2, 0.25) is 0 Å². The number of fused-ring (bicyclic) bond motifs is 5. The van der Waals surface area contributed by atoms with Crippen LogP contribution >= 0.6 is 0 Å². The van der Waals surface area contributed by atoms with Crippen molar-refractivity contribution in [3.63, 3.8) is 0 Å². The minimum Gasteiger partial charge on any atom is -0.465 e. The Bertz CT molecular complexity index is 1160. The summed E-state index contributed by atoms with van der Waals surface area (Å²) in [6.45, 7) is 5.45. The molecule has 0 aromatic rings. The number of carbonyl (C=O) groups excluding carboxylic acids is 2. The molecule has 4 saturated carbocycles. The van der Waals surface area contributed by atoms with Crippen LogP contribution < -0.4 is 0 Å². The molecule has 6 rings (SSSR count). The van der Waals surface area contributed by atoms with Gasteiger partial charge in [0.05, 0.1) is 36.1 Å². The Hall–Kier alpha value is -1.64. The molecule has 0 amide bonds. The Balaban J connectivity index is 1.31. The summed E-state index contributed by atoms with van der Waals surface area (Å²) in [6.07, 6.45) is -4.41. The maximum atomic E-state index is 14.0. The highest BCUT2D eigenvalue weighted by atomic mass is 16.7. The molecular weight excluding hydrogens is 564 g/mol. The van der Waals surface area contributed by atoms with Gasteiger partial charge in [0.1, 0.15) is 30.3 Å². The van der Waals surface area contributed by atoms with Gasteiger partial charge in [0.15, 0.2) is 6.29 Å². The number of rotatable bonds is 5. The summed E-state index contributed by atoms with van der Waals surface area (Å²) in [5, 5.41) is 67.7. The predicted molar refractivity (Wildman–Crippen MR) is 147 cm³/mol. The van der Waals surface area contributed by atoms with Crippen LogP contribution in [0.5, 0.6) is 0 Å². The van der Waals surface area contributed by atoms with Gasteiger partial charge >= 0.3 is 11.9 Å². The first kappa shape index (κ1) is 31.3. The second-order valence-electron chi connectivity index (χ2n) is 14.1. The summed E-state index contributed by atoms with van der Waals surface area (Å²) >= 11 is 0. The monoisotopic (exact) mass is 610 g/mol. The summed E-state index contributed by atoms with van der Waals surface area (Å²) in [5.41, 5.74) is -4.37. The maximum absolute atomic E-state index is 14.0. The van der Waals surface area contributed by atoms with Crippen molar-refractivity contribution in [2.45, 2.75) is 126 Å². The molecule has 0 aromatic heterocycles. The number of hydrogen-bond acceptors (Lipinski definition) is 12. The van der Waals surface area contributed by atoms with Gasteiger partial charge in [-0.1, -0.05) is 6.92 Å². The second kappa shape index (κ2) is 10.7. The summed E-state index contributed by atoms with van der Waals surface area (Å²) in [7, 11) is 0. The Kier molecular flexibility index (Phi) is 7.82. The molecule has 4 aliphatic carbocycles. The van der Waals surface area contributed by atoms with Crippen LogP contribution in [0, 0.1) is 28.6 Å². The standard InChI is InChI=1S/C31H46O12/c1-4-40-27(37)30-9-5-17(43-26-25(36)24(35)23(34)15(2)42-26)12-29(30,38)8-6-19-22(30)20(32)13-28(3)18(7-10-31(19,28)39)16-11-21(33)41-14-16/h11,15,17-20,22-26,32,34-36,38-39H,4-10,12-14H2,1-3H3/t15-,17-,18+,19+,20+,22+,23-,24+,25+,26-,28+,29-,30+,31-/m0/s1. The molecule has 0 radical (unpaired) electrons. The normalized spacial score (nSPS) is 52.9. The molecule has 2 aliphatic heterocycles. The Labute approximate surface area is 251 Å². The summed E-state index contributed by atoms with van der Waals surface area (Å²) in [6, 6.07) is 0. The van der Waals surface area contributed by atoms with Crippen LogP contribution in [0.15, 0.2) is 11.6 Å². The summed E-state index contributed by atoms with van der Waals surface area (Å²) in [5.74, 6) is -2.47. The lowest BCUT2D eigenvalue weighted by Crippen LogP contribution is -2.73. The first-order valence-corrected chi connectivity index (χ1v) is 15.7. The first-order chi connectivity index (χ1) is 20.2. The molecule has 12 nitrogen and oxygen atoms in total. The number of aliphatic hydroxyl groups excluding tert-OH is 4. The van der Waals surface area contributed by atoms with Crippen molar-refractivity contribution in [3.8, 4) is 0 Å². The molecule has 6 N–H and O–H groups in total. The molecule has 2 heterocycles. The largest absolute Gasteiger partial charge is 0.465 e. The quantitative estimate of drug-likeness (QED) is 0.182. The van der Waals surface area contributed by atoms with Gasteiger partial charge < -0.3 is 49.6 Å². The zero-order valence-corrected chi connectivity index (χ0v) is 25.1. The molecule has 242 valence electrons. The van der Waals surface area contributed by atoms with Gasteiger partial charge in [-0.25, -0.2) is 4.79 Å². The van der Waals surface area contributed by atoms with Crippen molar-refractivity contribution in [1.29, 1.82) is 0 Å². The Morgan fingerprint density at radius 3 is 2.44 bits per heavy atom. The zero-order valence-electron chi connectivity index (χ0n) is 25.1. The lowest BCUT2D eigenvalue weighted by molar-refractivity contribution is -0.322. The average molecular weight is 611 g/mol. The molecule has 6 aliphatic rings. The zero-order chi connectivity index (χ0) is 31.1. The molecule has 0 spiro atoms.